The van der Waals surface area contributed by atoms with E-state index in [-0.39, 0.29) is 6.61 Å². The van der Waals surface area contributed by atoms with Crippen molar-refractivity contribution >= 4 is 58.5 Å². The van der Waals surface area contributed by atoms with E-state index >= 15 is 0 Å². The second kappa shape index (κ2) is 8.41. The van der Waals surface area contributed by atoms with Gasteiger partial charge in [0.05, 0.1) is 21.3 Å². The monoisotopic (exact) mass is 390 g/mol. The van der Waals surface area contributed by atoms with Gasteiger partial charge in [0.15, 0.2) is 6.61 Å². The summed E-state index contributed by atoms with van der Waals surface area (Å²) < 4.78 is 5.28. The first-order valence-electron chi connectivity index (χ1n) is 6.31. The number of carbonyl (C=O) groups is 1. The Morgan fingerprint density at radius 3 is 2.65 bits per heavy atom. The van der Waals surface area contributed by atoms with Crippen LogP contribution in [-0.2, 0) is 4.79 Å². The molecule has 2 aromatic carbocycles. The molecule has 8 heteroatoms. The van der Waals surface area contributed by atoms with Gasteiger partial charge in [-0.3, -0.25) is 4.79 Å². The van der Waals surface area contributed by atoms with Crippen molar-refractivity contribution in [3.63, 3.8) is 0 Å². The Balaban J connectivity index is 1.87. The fourth-order valence-electron chi connectivity index (χ4n) is 1.56. The Labute approximate surface area is 152 Å². The molecule has 0 spiro atoms. The topological polar surface area (TPSA) is 50.7 Å². The van der Waals surface area contributed by atoms with E-state index in [2.05, 4.69) is 10.5 Å². The summed E-state index contributed by atoms with van der Waals surface area (Å²) in [5.74, 6) is -0.0986. The lowest BCUT2D eigenvalue weighted by Gasteiger charge is -2.07. The molecule has 1 amide bonds. The number of benzene rings is 2. The Bertz CT molecular complexity index is 750. The van der Waals surface area contributed by atoms with Gasteiger partial charge in [0.25, 0.3) is 5.91 Å². The number of hydrogen-bond donors (Lipinski definition) is 1. The zero-order valence-electron chi connectivity index (χ0n) is 11.5. The highest BCUT2D eigenvalue weighted by molar-refractivity contribution is 6.43. The van der Waals surface area contributed by atoms with Crippen LogP contribution >= 0.6 is 46.4 Å². The molecule has 0 radical (unpaired) electrons. The highest BCUT2D eigenvalue weighted by Crippen LogP contribution is 2.27. The second-order valence-corrected chi connectivity index (χ2v) is 5.93. The van der Waals surface area contributed by atoms with Crippen molar-refractivity contribution in [1.29, 1.82) is 0 Å². The van der Waals surface area contributed by atoms with Crippen LogP contribution in [-0.4, -0.2) is 18.7 Å². The third-order valence-corrected chi connectivity index (χ3v) is 3.99. The van der Waals surface area contributed by atoms with E-state index in [1.54, 1.807) is 30.3 Å². The number of hydrazone groups is 1. The van der Waals surface area contributed by atoms with Gasteiger partial charge in [-0.1, -0.05) is 58.5 Å². The van der Waals surface area contributed by atoms with Gasteiger partial charge in [-0.25, -0.2) is 5.43 Å². The van der Waals surface area contributed by atoms with Crippen LogP contribution in [0, 0.1) is 0 Å². The van der Waals surface area contributed by atoms with Crippen molar-refractivity contribution in [3.8, 4) is 5.75 Å². The van der Waals surface area contributed by atoms with Crippen LogP contribution in [0.3, 0.4) is 0 Å². The minimum Gasteiger partial charge on any atom is -0.482 e. The van der Waals surface area contributed by atoms with Gasteiger partial charge in [-0.2, -0.15) is 5.10 Å². The van der Waals surface area contributed by atoms with Crippen molar-refractivity contribution in [3.05, 3.63) is 62.1 Å². The van der Waals surface area contributed by atoms with Crippen molar-refractivity contribution < 1.29 is 9.53 Å². The number of carbonyl (C=O) groups excluding carboxylic acids is 1. The first-order valence-corrected chi connectivity index (χ1v) is 7.82. The lowest BCUT2D eigenvalue weighted by Crippen LogP contribution is -2.24. The quantitative estimate of drug-likeness (QED) is 0.586. The normalized spacial score (nSPS) is 10.8. The summed E-state index contributed by atoms with van der Waals surface area (Å²) in [7, 11) is 0. The zero-order valence-corrected chi connectivity index (χ0v) is 14.5. The van der Waals surface area contributed by atoms with Crippen molar-refractivity contribution in [2.75, 3.05) is 6.61 Å². The highest BCUT2D eigenvalue weighted by Gasteiger charge is 2.06. The van der Waals surface area contributed by atoms with Gasteiger partial charge in [0.2, 0.25) is 0 Å². The van der Waals surface area contributed by atoms with Crippen LogP contribution in [0.4, 0.5) is 0 Å². The molecule has 0 fully saturated rings. The Morgan fingerprint density at radius 2 is 1.91 bits per heavy atom. The van der Waals surface area contributed by atoms with E-state index < -0.39 is 5.91 Å². The molecule has 1 N–H and O–H groups in total. The van der Waals surface area contributed by atoms with Crippen LogP contribution in [0.2, 0.25) is 20.1 Å². The van der Waals surface area contributed by atoms with Gasteiger partial charge in [0, 0.05) is 10.6 Å². The van der Waals surface area contributed by atoms with E-state index in [0.29, 0.717) is 31.4 Å². The molecule has 0 aliphatic heterocycles. The van der Waals surface area contributed by atoms with Crippen molar-refractivity contribution in [2.24, 2.45) is 5.10 Å². The third kappa shape index (κ3) is 5.29. The Morgan fingerprint density at radius 1 is 1.13 bits per heavy atom. The predicted molar refractivity (Wildman–Crippen MR) is 94.2 cm³/mol. The maximum atomic E-state index is 11.7. The molecule has 0 aliphatic rings. The number of ether oxygens (including phenoxy) is 1. The van der Waals surface area contributed by atoms with Crippen LogP contribution in [0.15, 0.2) is 41.5 Å². The molecule has 0 saturated heterocycles. The number of halogens is 4. The standard InChI is InChI=1S/C15H10Cl4N2O2/c16-10-4-5-13(12(18)6-10)23-8-14(22)21-20-7-9-2-1-3-11(17)15(9)19/h1-7H,8H2,(H,21,22). The van der Waals surface area contributed by atoms with Gasteiger partial charge in [0.1, 0.15) is 5.75 Å². The summed E-state index contributed by atoms with van der Waals surface area (Å²) in [5, 5.41) is 5.35. The van der Waals surface area contributed by atoms with E-state index in [1.165, 1.54) is 12.3 Å². The van der Waals surface area contributed by atoms with Crippen molar-refractivity contribution in [1.82, 2.24) is 5.43 Å². The lowest BCUT2D eigenvalue weighted by molar-refractivity contribution is -0.123. The minimum absolute atomic E-state index is 0.248. The predicted octanol–water partition coefficient (Wildman–Crippen LogP) is 4.83. The van der Waals surface area contributed by atoms with Gasteiger partial charge in [-0.05, 0) is 24.3 Å². The number of nitrogens with one attached hydrogen (secondary N) is 1. The molecule has 2 rings (SSSR count). The molecule has 4 nitrogen and oxygen atoms in total. The van der Waals surface area contributed by atoms with Crippen molar-refractivity contribution in [2.45, 2.75) is 0 Å². The smallest absolute Gasteiger partial charge is 0.277 e. The van der Waals surface area contributed by atoms with Gasteiger partial charge >= 0.3 is 0 Å². The highest BCUT2D eigenvalue weighted by atomic mass is 35.5. The van der Waals surface area contributed by atoms with Crippen LogP contribution in [0.5, 0.6) is 5.75 Å². The van der Waals surface area contributed by atoms with Gasteiger partial charge in [-0.15, -0.1) is 0 Å². The van der Waals surface area contributed by atoms with E-state index in [0.717, 1.165) is 0 Å². The van der Waals surface area contributed by atoms with Crippen LogP contribution in [0.1, 0.15) is 5.56 Å². The molecule has 0 unspecified atom stereocenters. The lowest BCUT2D eigenvalue weighted by atomic mass is 10.2. The number of rotatable bonds is 5. The largest absolute Gasteiger partial charge is 0.482 e. The molecule has 0 heterocycles. The van der Waals surface area contributed by atoms with Crippen LogP contribution in [0.25, 0.3) is 0 Å². The van der Waals surface area contributed by atoms with Gasteiger partial charge < -0.3 is 4.74 Å². The molecular formula is C15H10Cl4N2O2. The number of hydrogen-bond acceptors (Lipinski definition) is 3. The first-order chi connectivity index (χ1) is 11.0. The summed E-state index contributed by atoms with van der Waals surface area (Å²) in [4.78, 5) is 11.7. The molecule has 23 heavy (non-hydrogen) atoms. The zero-order chi connectivity index (χ0) is 16.8. The summed E-state index contributed by atoms with van der Waals surface area (Å²) >= 11 is 23.6. The molecular weight excluding hydrogens is 382 g/mol. The summed E-state index contributed by atoms with van der Waals surface area (Å²) in [5.41, 5.74) is 2.90. The minimum atomic E-state index is -0.453. The van der Waals surface area contributed by atoms with E-state index in [4.69, 9.17) is 51.1 Å². The number of nitrogens with zero attached hydrogens (tertiary/aromatic N) is 1. The number of amides is 1. The SMILES string of the molecule is O=C(COc1ccc(Cl)cc1Cl)NN=Cc1cccc(Cl)c1Cl. The Kier molecular flexibility index (Phi) is 6.54. The molecule has 0 aliphatic carbocycles. The molecule has 0 saturated carbocycles. The molecule has 0 aromatic heterocycles. The fourth-order valence-corrected chi connectivity index (χ4v) is 2.38. The maximum Gasteiger partial charge on any atom is 0.277 e. The molecule has 0 atom stereocenters. The average Bonchev–Trinajstić information content (AvgIpc) is 2.50. The van der Waals surface area contributed by atoms with E-state index in [9.17, 15) is 4.79 Å². The molecule has 120 valence electrons. The summed E-state index contributed by atoms with van der Waals surface area (Å²) in [6.45, 7) is -0.248. The molecule has 0 bridgehead atoms. The second-order valence-electron chi connectivity index (χ2n) is 4.30. The Hall–Kier alpha value is -1.46. The average molecular weight is 392 g/mol. The van der Waals surface area contributed by atoms with Crippen LogP contribution < -0.4 is 10.2 Å². The summed E-state index contributed by atoms with van der Waals surface area (Å²) in [6.07, 6.45) is 1.39. The molecule has 2 aromatic rings. The summed E-state index contributed by atoms with van der Waals surface area (Å²) in [6, 6.07) is 9.81. The first kappa shape index (κ1) is 17.9. The maximum absolute atomic E-state index is 11.7. The third-order valence-electron chi connectivity index (χ3n) is 2.63. The fraction of sp³-hybridized carbons (Fsp3) is 0.0667. The van der Waals surface area contributed by atoms with E-state index in [1.807, 2.05) is 0 Å².